The minimum atomic E-state index is 0.578. The lowest BCUT2D eigenvalue weighted by Gasteiger charge is -2.06. The van der Waals surface area contributed by atoms with Crippen molar-refractivity contribution in [2.24, 2.45) is 0 Å². The number of rotatable bonds is 2. The van der Waals surface area contributed by atoms with Crippen LogP contribution in [0.15, 0.2) is 18.2 Å². The van der Waals surface area contributed by atoms with Gasteiger partial charge in [-0.3, -0.25) is 0 Å². The lowest BCUT2D eigenvalue weighted by molar-refractivity contribution is 1.21. The fraction of sp³-hybridized carbons (Fsp3) is 0.222. The van der Waals surface area contributed by atoms with Gasteiger partial charge in [0, 0.05) is 12.2 Å². The molecule has 3 nitrogen and oxygen atoms in total. The summed E-state index contributed by atoms with van der Waals surface area (Å²) in [6, 6.07) is 5.25. The van der Waals surface area contributed by atoms with E-state index in [-0.39, 0.29) is 0 Å². The molecule has 0 bridgehead atoms. The quantitative estimate of drug-likeness (QED) is 0.516. The first-order chi connectivity index (χ1) is 5.77. The van der Waals surface area contributed by atoms with Gasteiger partial charge in [-0.1, -0.05) is 6.07 Å². The highest BCUT2D eigenvalue weighted by Gasteiger charge is 1.97. The van der Waals surface area contributed by atoms with Crippen LogP contribution >= 0.6 is 0 Å². The van der Waals surface area contributed by atoms with Crippen molar-refractivity contribution in [1.29, 1.82) is 0 Å². The molecular formula is C9H11N3. The van der Waals surface area contributed by atoms with Gasteiger partial charge in [-0.15, -0.1) is 0 Å². The molecule has 3 N–H and O–H groups in total. The second-order valence-corrected chi connectivity index (χ2v) is 2.41. The van der Waals surface area contributed by atoms with Crippen LogP contribution in [-0.2, 0) is 0 Å². The van der Waals surface area contributed by atoms with Crippen molar-refractivity contribution in [3.05, 3.63) is 29.6 Å². The zero-order valence-electron chi connectivity index (χ0n) is 6.96. The Kier molecular flexibility index (Phi) is 2.54. The summed E-state index contributed by atoms with van der Waals surface area (Å²) in [6.07, 6.45) is 0. The average Bonchev–Trinajstić information content (AvgIpc) is 2.09. The summed E-state index contributed by atoms with van der Waals surface area (Å²) >= 11 is 0. The van der Waals surface area contributed by atoms with E-state index < -0.39 is 0 Å². The van der Waals surface area contributed by atoms with E-state index in [2.05, 4.69) is 10.2 Å². The number of nitrogens with two attached hydrogens (primary N) is 1. The molecule has 0 aliphatic carbocycles. The third kappa shape index (κ3) is 1.67. The summed E-state index contributed by atoms with van der Waals surface area (Å²) in [7, 11) is 0. The maximum Gasteiger partial charge on any atom is 0.189 e. The molecule has 0 spiro atoms. The van der Waals surface area contributed by atoms with Gasteiger partial charge in [0.2, 0.25) is 0 Å². The molecule has 12 heavy (non-hydrogen) atoms. The van der Waals surface area contributed by atoms with Gasteiger partial charge in [-0.2, -0.15) is 0 Å². The van der Waals surface area contributed by atoms with Crippen LogP contribution in [0.1, 0.15) is 6.92 Å². The molecule has 0 unspecified atom stereocenters. The Hall–Kier alpha value is -1.69. The van der Waals surface area contributed by atoms with Crippen molar-refractivity contribution in [3.63, 3.8) is 0 Å². The molecule has 0 aliphatic heterocycles. The fourth-order valence-electron chi connectivity index (χ4n) is 0.971. The Labute approximate surface area is 72.0 Å². The second-order valence-electron chi connectivity index (χ2n) is 2.41. The number of nitrogen functional groups attached to an aromatic ring is 1. The molecule has 1 aromatic carbocycles. The number of nitrogens with zero attached hydrogens (tertiary/aromatic N) is 1. The third-order valence-electron chi connectivity index (χ3n) is 1.53. The minimum Gasteiger partial charge on any atom is -0.398 e. The van der Waals surface area contributed by atoms with E-state index in [1.54, 1.807) is 12.1 Å². The van der Waals surface area contributed by atoms with Crippen LogP contribution in [0.25, 0.3) is 4.85 Å². The third-order valence-corrected chi connectivity index (χ3v) is 1.53. The van der Waals surface area contributed by atoms with Crippen molar-refractivity contribution in [2.75, 3.05) is 17.6 Å². The fourth-order valence-corrected chi connectivity index (χ4v) is 0.971. The van der Waals surface area contributed by atoms with Gasteiger partial charge in [0.15, 0.2) is 5.69 Å². The lowest BCUT2D eigenvalue weighted by Crippen LogP contribution is -1.99. The summed E-state index contributed by atoms with van der Waals surface area (Å²) in [6.45, 7) is 9.60. The molecule has 0 aromatic heterocycles. The lowest BCUT2D eigenvalue weighted by atomic mass is 10.2. The Morgan fingerprint density at radius 3 is 2.83 bits per heavy atom. The van der Waals surface area contributed by atoms with Crippen LogP contribution in [-0.4, -0.2) is 6.54 Å². The highest BCUT2D eigenvalue weighted by Crippen LogP contribution is 2.23. The van der Waals surface area contributed by atoms with E-state index in [0.717, 1.165) is 12.2 Å². The predicted molar refractivity (Wildman–Crippen MR) is 51.3 cm³/mol. The number of anilines is 2. The first-order valence-electron chi connectivity index (χ1n) is 3.78. The minimum absolute atomic E-state index is 0.578. The van der Waals surface area contributed by atoms with Crippen LogP contribution in [0.3, 0.4) is 0 Å². The highest BCUT2D eigenvalue weighted by molar-refractivity contribution is 5.71. The van der Waals surface area contributed by atoms with Crippen LogP contribution in [0.5, 0.6) is 0 Å². The van der Waals surface area contributed by atoms with E-state index in [1.807, 2.05) is 13.0 Å². The Morgan fingerprint density at radius 2 is 2.33 bits per heavy atom. The van der Waals surface area contributed by atoms with Crippen molar-refractivity contribution >= 4 is 17.1 Å². The highest BCUT2D eigenvalue weighted by atomic mass is 14.9. The molecular weight excluding hydrogens is 150 g/mol. The molecule has 0 aliphatic rings. The zero-order valence-corrected chi connectivity index (χ0v) is 6.96. The standard InChI is InChI=1S/C9H11N3/c1-3-12-9-5-4-7(11-2)6-8(9)10/h4-6,12H,3,10H2,1H3. The SMILES string of the molecule is [C-]#[N+]c1ccc(NCC)c(N)c1. The summed E-state index contributed by atoms with van der Waals surface area (Å²) in [5.74, 6) is 0. The van der Waals surface area contributed by atoms with Crippen molar-refractivity contribution < 1.29 is 0 Å². The van der Waals surface area contributed by atoms with Gasteiger partial charge in [-0.25, -0.2) is 4.85 Å². The van der Waals surface area contributed by atoms with Gasteiger partial charge in [-0.05, 0) is 19.1 Å². The number of nitrogens with one attached hydrogen (secondary N) is 1. The molecule has 0 fully saturated rings. The summed E-state index contributed by atoms with van der Waals surface area (Å²) < 4.78 is 0. The van der Waals surface area contributed by atoms with E-state index in [0.29, 0.717) is 11.4 Å². The van der Waals surface area contributed by atoms with Crippen molar-refractivity contribution in [2.45, 2.75) is 6.92 Å². The van der Waals surface area contributed by atoms with Gasteiger partial charge in [0.1, 0.15) is 0 Å². The topological polar surface area (TPSA) is 42.4 Å². The molecule has 3 heteroatoms. The Morgan fingerprint density at radius 1 is 1.58 bits per heavy atom. The van der Waals surface area contributed by atoms with Crippen LogP contribution < -0.4 is 11.1 Å². The second kappa shape index (κ2) is 3.63. The summed E-state index contributed by atoms with van der Waals surface area (Å²) in [4.78, 5) is 3.27. The number of hydrogen-bond donors (Lipinski definition) is 2. The molecule has 1 aromatic rings. The average molecular weight is 161 g/mol. The molecule has 0 saturated heterocycles. The van der Waals surface area contributed by atoms with Crippen LogP contribution in [0.2, 0.25) is 0 Å². The molecule has 0 atom stereocenters. The molecule has 62 valence electrons. The number of benzene rings is 1. The molecule has 0 amide bonds. The molecule has 0 radical (unpaired) electrons. The van der Waals surface area contributed by atoms with Crippen LogP contribution in [0, 0.1) is 6.57 Å². The van der Waals surface area contributed by atoms with E-state index in [1.165, 1.54) is 0 Å². The molecule has 0 saturated carbocycles. The number of hydrogen-bond acceptors (Lipinski definition) is 2. The van der Waals surface area contributed by atoms with Gasteiger partial charge >= 0.3 is 0 Å². The first kappa shape index (κ1) is 8.41. The predicted octanol–water partition coefficient (Wildman–Crippen LogP) is 2.25. The Bertz CT molecular complexity index is 312. The Balaban J connectivity index is 2.97. The van der Waals surface area contributed by atoms with Crippen LogP contribution in [0.4, 0.5) is 17.1 Å². The van der Waals surface area contributed by atoms with Gasteiger partial charge in [0.05, 0.1) is 12.3 Å². The van der Waals surface area contributed by atoms with Crippen molar-refractivity contribution in [1.82, 2.24) is 0 Å². The zero-order chi connectivity index (χ0) is 8.97. The van der Waals surface area contributed by atoms with Gasteiger partial charge in [0.25, 0.3) is 0 Å². The smallest absolute Gasteiger partial charge is 0.189 e. The monoisotopic (exact) mass is 161 g/mol. The largest absolute Gasteiger partial charge is 0.398 e. The van der Waals surface area contributed by atoms with E-state index >= 15 is 0 Å². The van der Waals surface area contributed by atoms with Crippen molar-refractivity contribution in [3.8, 4) is 0 Å². The molecule has 0 heterocycles. The maximum absolute atomic E-state index is 6.76. The van der Waals surface area contributed by atoms with E-state index in [9.17, 15) is 0 Å². The van der Waals surface area contributed by atoms with E-state index in [4.69, 9.17) is 12.3 Å². The van der Waals surface area contributed by atoms with Gasteiger partial charge < -0.3 is 11.1 Å². The normalized spacial score (nSPS) is 9.00. The first-order valence-corrected chi connectivity index (χ1v) is 3.78. The molecule has 1 rings (SSSR count). The maximum atomic E-state index is 6.76. The summed E-state index contributed by atoms with van der Waals surface area (Å²) in [5.41, 5.74) is 7.78. The summed E-state index contributed by atoms with van der Waals surface area (Å²) in [5, 5.41) is 3.10.